The maximum Gasteiger partial charge on any atom is 0.252 e. The Morgan fingerprint density at radius 1 is 0.969 bits per heavy atom. The number of fused-ring (bicyclic) bond motifs is 1. The minimum absolute atomic E-state index is 0.0677. The monoisotopic (exact) mass is 448 g/mol. The SMILES string of the molecule is CNC(C)N1CC(C2CCC3C(C2)N(C(=O)C2CCCO2)CC(C)N3C(C)=O)CCC1C. The van der Waals surface area contributed by atoms with Gasteiger partial charge in [0.2, 0.25) is 5.91 Å². The molecule has 0 radical (unpaired) electrons. The molecule has 3 heterocycles. The summed E-state index contributed by atoms with van der Waals surface area (Å²) in [5.74, 6) is 1.58. The summed E-state index contributed by atoms with van der Waals surface area (Å²) >= 11 is 0. The van der Waals surface area contributed by atoms with Crippen LogP contribution in [0.3, 0.4) is 0 Å². The molecule has 0 bridgehead atoms. The number of likely N-dealkylation sites (tertiary alicyclic amines) is 1. The van der Waals surface area contributed by atoms with Gasteiger partial charge in [-0.3, -0.25) is 14.5 Å². The molecule has 0 spiro atoms. The van der Waals surface area contributed by atoms with Crippen LogP contribution in [0, 0.1) is 11.8 Å². The van der Waals surface area contributed by atoms with Gasteiger partial charge in [0.25, 0.3) is 5.91 Å². The molecule has 32 heavy (non-hydrogen) atoms. The summed E-state index contributed by atoms with van der Waals surface area (Å²) in [6.07, 6.45) is 7.57. The first-order chi connectivity index (χ1) is 15.3. The third-order valence-corrected chi connectivity index (χ3v) is 8.92. The predicted molar refractivity (Wildman–Crippen MR) is 125 cm³/mol. The molecular weight excluding hydrogens is 404 g/mol. The Morgan fingerprint density at radius 3 is 2.38 bits per heavy atom. The van der Waals surface area contributed by atoms with Crippen LogP contribution in [-0.2, 0) is 14.3 Å². The molecule has 8 unspecified atom stereocenters. The second-order valence-corrected chi connectivity index (χ2v) is 10.8. The molecule has 4 aliphatic rings. The first-order valence-corrected chi connectivity index (χ1v) is 13.0. The van der Waals surface area contributed by atoms with E-state index in [1.807, 2.05) is 7.05 Å². The zero-order valence-corrected chi connectivity index (χ0v) is 20.8. The number of amides is 2. The van der Waals surface area contributed by atoms with Gasteiger partial charge in [0.15, 0.2) is 0 Å². The van der Waals surface area contributed by atoms with Crippen LogP contribution in [0.5, 0.6) is 0 Å². The van der Waals surface area contributed by atoms with E-state index < -0.39 is 0 Å². The summed E-state index contributed by atoms with van der Waals surface area (Å²) in [5, 5.41) is 3.43. The third-order valence-electron chi connectivity index (χ3n) is 8.92. The highest BCUT2D eigenvalue weighted by atomic mass is 16.5. The Bertz CT molecular complexity index is 678. The fraction of sp³-hybridized carbons (Fsp3) is 0.920. The predicted octanol–water partition coefficient (Wildman–Crippen LogP) is 2.45. The van der Waals surface area contributed by atoms with Gasteiger partial charge in [0.1, 0.15) is 6.10 Å². The minimum Gasteiger partial charge on any atom is -0.368 e. The van der Waals surface area contributed by atoms with Crippen LogP contribution in [0.2, 0.25) is 0 Å². The number of nitrogens with zero attached hydrogens (tertiary/aromatic N) is 3. The van der Waals surface area contributed by atoms with Crippen LogP contribution in [-0.4, -0.2) is 89.7 Å². The van der Waals surface area contributed by atoms with Crippen molar-refractivity contribution in [2.24, 2.45) is 11.8 Å². The van der Waals surface area contributed by atoms with Crippen molar-refractivity contribution in [1.29, 1.82) is 0 Å². The maximum atomic E-state index is 13.5. The quantitative estimate of drug-likeness (QED) is 0.716. The lowest BCUT2D eigenvalue weighted by Gasteiger charge is -2.55. The Labute approximate surface area is 194 Å². The molecule has 1 aliphatic carbocycles. The molecule has 7 heteroatoms. The molecule has 2 amide bonds. The number of piperazine rings is 1. The first kappa shape index (κ1) is 24.0. The average molecular weight is 449 g/mol. The average Bonchev–Trinajstić information content (AvgIpc) is 3.32. The zero-order valence-electron chi connectivity index (χ0n) is 20.8. The molecule has 0 aromatic heterocycles. The molecule has 1 N–H and O–H groups in total. The molecule has 4 rings (SSSR count). The van der Waals surface area contributed by atoms with E-state index in [-0.39, 0.29) is 36.0 Å². The van der Waals surface area contributed by atoms with Crippen LogP contribution in [0.1, 0.15) is 72.6 Å². The van der Waals surface area contributed by atoms with Crippen molar-refractivity contribution in [3.63, 3.8) is 0 Å². The van der Waals surface area contributed by atoms with Gasteiger partial charge in [-0.25, -0.2) is 0 Å². The van der Waals surface area contributed by atoms with E-state index in [9.17, 15) is 9.59 Å². The molecule has 0 aromatic carbocycles. The number of ether oxygens (including phenoxy) is 1. The summed E-state index contributed by atoms with van der Waals surface area (Å²) < 4.78 is 5.78. The fourth-order valence-corrected chi connectivity index (χ4v) is 7.09. The molecule has 3 aliphatic heterocycles. The van der Waals surface area contributed by atoms with Crippen LogP contribution in [0.25, 0.3) is 0 Å². The normalized spacial score (nSPS) is 39.6. The van der Waals surface area contributed by atoms with E-state index in [1.165, 1.54) is 12.8 Å². The van der Waals surface area contributed by atoms with Crippen LogP contribution < -0.4 is 5.32 Å². The number of rotatable bonds is 4. The summed E-state index contributed by atoms with van der Waals surface area (Å²) in [6.45, 7) is 10.8. The lowest BCUT2D eigenvalue weighted by molar-refractivity contribution is -0.160. The van der Waals surface area contributed by atoms with E-state index in [4.69, 9.17) is 4.74 Å². The smallest absolute Gasteiger partial charge is 0.252 e. The second-order valence-electron chi connectivity index (χ2n) is 10.8. The van der Waals surface area contributed by atoms with E-state index in [0.717, 1.165) is 38.6 Å². The number of carbonyl (C=O) groups excluding carboxylic acids is 2. The van der Waals surface area contributed by atoms with Gasteiger partial charge in [-0.2, -0.15) is 0 Å². The summed E-state index contributed by atoms with van der Waals surface area (Å²) in [6, 6.07) is 0.942. The first-order valence-electron chi connectivity index (χ1n) is 13.0. The number of hydrogen-bond donors (Lipinski definition) is 1. The third kappa shape index (κ3) is 4.58. The summed E-state index contributed by atoms with van der Waals surface area (Å²) in [5.41, 5.74) is 0. The van der Waals surface area contributed by atoms with Crippen molar-refractivity contribution < 1.29 is 14.3 Å². The Balaban J connectivity index is 1.52. The number of nitrogens with one attached hydrogen (secondary N) is 1. The van der Waals surface area contributed by atoms with Gasteiger partial charge in [0.05, 0.1) is 18.2 Å². The Morgan fingerprint density at radius 2 is 1.72 bits per heavy atom. The van der Waals surface area contributed by atoms with Crippen molar-refractivity contribution in [1.82, 2.24) is 20.0 Å². The van der Waals surface area contributed by atoms with E-state index in [2.05, 4.69) is 40.8 Å². The van der Waals surface area contributed by atoms with Gasteiger partial charge in [0, 0.05) is 38.7 Å². The number of hydrogen-bond acceptors (Lipinski definition) is 5. The summed E-state index contributed by atoms with van der Waals surface area (Å²) in [4.78, 5) is 32.8. The topological polar surface area (TPSA) is 65.1 Å². The van der Waals surface area contributed by atoms with Crippen molar-refractivity contribution >= 4 is 11.8 Å². The highest BCUT2D eigenvalue weighted by molar-refractivity contribution is 5.82. The van der Waals surface area contributed by atoms with Crippen LogP contribution in [0.15, 0.2) is 0 Å². The molecule has 7 nitrogen and oxygen atoms in total. The molecule has 4 fully saturated rings. The van der Waals surface area contributed by atoms with Crippen molar-refractivity contribution in [2.75, 3.05) is 26.7 Å². The largest absolute Gasteiger partial charge is 0.368 e. The summed E-state index contributed by atoms with van der Waals surface area (Å²) in [7, 11) is 2.04. The van der Waals surface area contributed by atoms with E-state index in [0.29, 0.717) is 37.2 Å². The molecule has 182 valence electrons. The Kier molecular flexibility index (Phi) is 7.47. The number of carbonyl (C=O) groups is 2. The van der Waals surface area contributed by atoms with Crippen molar-refractivity contribution in [3.8, 4) is 0 Å². The lowest BCUT2D eigenvalue weighted by Crippen LogP contribution is -2.68. The second kappa shape index (κ2) is 9.98. The van der Waals surface area contributed by atoms with Gasteiger partial charge in [-0.15, -0.1) is 0 Å². The molecular formula is C25H44N4O3. The molecule has 0 aromatic rings. The van der Waals surface area contributed by atoms with Gasteiger partial charge in [-0.1, -0.05) is 0 Å². The van der Waals surface area contributed by atoms with Crippen molar-refractivity contribution in [2.45, 2.75) is 109 Å². The van der Waals surface area contributed by atoms with E-state index >= 15 is 0 Å². The molecule has 8 atom stereocenters. The van der Waals surface area contributed by atoms with Gasteiger partial charge in [-0.05, 0) is 84.6 Å². The standard InChI is InChI=1S/C25H44N4O3/c1-16-8-9-21(15-27(16)18(3)26-5)20-10-11-22-23(13-20)28(14-17(2)29(22)19(4)30)25(31)24-7-6-12-32-24/h16-18,20-24,26H,6-15H2,1-5H3. The number of piperidine rings is 1. The van der Waals surface area contributed by atoms with E-state index in [1.54, 1.807) is 6.92 Å². The van der Waals surface area contributed by atoms with Gasteiger partial charge >= 0.3 is 0 Å². The lowest BCUT2D eigenvalue weighted by atomic mass is 9.70. The molecule has 3 saturated heterocycles. The highest BCUT2D eigenvalue weighted by Gasteiger charge is 2.49. The van der Waals surface area contributed by atoms with Crippen LogP contribution >= 0.6 is 0 Å². The molecule has 1 saturated carbocycles. The fourth-order valence-electron chi connectivity index (χ4n) is 7.09. The Hall–Kier alpha value is -1.18. The van der Waals surface area contributed by atoms with Crippen LogP contribution in [0.4, 0.5) is 0 Å². The zero-order chi connectivity index (χ0) is 23.0. The maximum absolute atomic E-state index is 13.5. The van der Waals surface area contributed by atoms with Gasteiger partial charge < -0.3 is 19.9 Å². The van der Waals surface area contributed by atoms with Crippen molar-refractivity contribution in [3.05, 3.63) is 0 Å². The highest BCUT2D eigenvalue weighted by Crippen LogP contribution is 2.42. The minimum atomic E-state index is -0.283.